The van der Waals surface area contributed by atoms with Crippen LogP contribution >= 0.6 is 0 Å². The number of amides is 1. The molecule has 3 heterocycles. The van der Waals surface area contributed by atoms with Crippen molar-refractivity contribution in [1.82, 2.24) is 4.90 Å². The summed E-state index contributed by atoms with van der Waals surface area (Å²) in [7, 11) is 0. The molecular weight excluding hydrogens is 466 g/mol. The number of nitrogens with one attached hydrogen (secondary N) is 1. The molecule has 0 aromatic heterocycles. The van der Waals surface area contributed by atoms with Crippen LogP contribution in [0.4, 0.5) is 28.9 Å². The number of halogens is 4. The maximum atomic E-state index is 14.5. The Morgan fingerprint density at radius 3 is 2.40 bits per heavy atom. The van der Waals surface area contributed by atoms with E-state index in [0.29, 0.717) is 24.8 Å². The van der Waals surface area contributed by atoms with E-state index in [1.54, 1.807) is 12.1 Å². The van der Waals surface area contributed by atoms with Crippen molar-refractivity contribution in [2.45, 2.75) is 37.2 Å². The summed E-state index contributed by atoms with van der Waals surface area (Å²) >= 11 is 0. The maximum absolute atomic E-state index is 14.5. The summed E-state index contributed by atoms with van der Waals surface area (Å²) < 4.78 is 54.0. The molecular formula is C24H21F4N5O2. The monoisotopic (exact) mass is 487 g/mol. The second kappa shape index (κ2) is 8.84. The van der Waals surface area contributed by atoms with Gasteiger partial charge in [-0.05, 0) is 49.7 Å². The summed E-state index contributed by atoms with van der Waals surface area (Å²) in [4.78, 5) is 16.5. The fraction of sp³-hybridized carbons (Fsp3) is 0.375. The number of hydrogen-bond acceptors (Lipinski definition) is 6. The second-order valence-corrected chi connectivity index (χ2v) is 9.02. The molecule has 2 aromatic carbocycles. The predicted octanol–water partition coefficient (Wildman–Crippen LogP) is 3.24. The van der Waals surface area contributed by atoms with Crippen LogP contribution in [0.5, 0.6) is 0 Å². The number of alkyl halides is 3. The highest BCUT2D eigenvalue weighted by Crippen LogP contribution is 2.39. The molecule has 5 rings (SSSR count). The molecule has 3 fully saturated rings. The van der Waals surface area contributed by atoms with E-state index < -0.39 is 34.6 Å². The Labute approximate surface area is 198 Å². The fourth-order valence-corrected chi connectivity index (χ4v) is 4.73. The number of benzene rings is 2. The number of carbonyl (C=O) groups excluding carboxylic acids is 1. The number of anilines is 2. The SMILES string of the molecule is CC(O)(CN1CC2CC(C1)N2c1ccc(C#N)cc1F)C(=O)Nc1ccc(C#N)c(C(F)(F)F)c1. The number of hydrogen-bond donors (Lipinski definition) is 2. The number of fused-ring (bicyclic) bond motifs is 2. The molecule has 7 nitrogen and oxygen atoms in total. The molecule has 182 valence electrons. The highest BCUT2D eigenvalue weighted by atomic mass is 19.4. The minimum Gasteiger partial charge on any atom is -0.379 e. The Kier molecular flexibility index (Phi) is 6.18. The van der Waals surface area contributed by atoms with E-state index in [4.69, 9.17) is 10.5 Å². The van der Waals surface area contributed by atoms with Crippen LogP contribution in [0.25, 0.3) is 0 Å². The fourth-order valence-electron chi connectivity index (χ4n) is 4.73. The van der Waals surface area contributed by atoms with Crippen molar-refractivity contribution in [2.24, 2.45) is 0 Å². The molecule has 2 aromatic rings. The molecule has 1 amide bonds. The number of carbonyl (C=O) groups is 1. The first-order valence-electron chi connectivity index (χ1n) is 10.8. The van der Waals surface area contributed by atoms with Crippen LogP contribution in [0, 0.1) is 28.5 Å². The highest BCUT2D eigenvalue weighted by molar-refractivity contribution is 5.97. The summed E-state index contributed by atoms with van der Waals surface area (Å²) in [5, 5.41) is 30.9. The lowest BCUT2D eigenvalue weighted by Crippen LogP contribution is -2.70. The van der Waals surface area contributed by atoms with Gasteiger partial charge in [0.1, 0.15) is 5.82 Å². The minimum absolute atomic E-state index is 0.0390. The third-order valence-electron chi connectivity index (χ3n) is 6.35. The Balaban J connectivity index is 1.41. The summed E-state index contributed by atoms with van der Waals surface area (Å²) in [6, 6.07) is 10.4. The number of nitriles is 2. The Morgan fingerprint density at radius 2 is 1.83 bits per heavy atom. The first-order valence-corrected chi connectivity index (χ1v) is 10.8. The number of piperazine rings is 1. The van der Waals surface area contributed by atoms with Crippen LogP contribution in [0.15, 0.2) is 36.4 Å². The van der Waals surface area contributed by atoms with Crippen LogP contribution in [0.1, 0.15) is 30.0 Å². The van der Waals surface area contributed by atoms with E-state index in [2.05, 4.69) is 5.32 Å². The molecule has 0 aliphatic carbocycles. The number of nitrogens with zero attached hydrogens (tertiary/aromatic N) is 4. The molecule has 0 radical (unpaired) electrons. The first-order chi connectivity index (χ1) is 16.4. The van der Waals surface area contributed by atoms with Crippen molar-refractivity contribution in [3.05, 3.63) is 58.9 Å². The van der Waals surface area contributed by atoms with Gasteiger partial charge in [-0.15, -0.1) is 0 Å². The molecule has 2 N–H and O–H groups in total. The molecule has 3 aliphatic heterocycles. The van der Waals surface area contributed by atoms with E-state index in [-0.39, 0.29) is 29.9 Å². The first kappa shape index (κ1) is 24.5. The molecule has 2 bridgehead atoms. The van der Waals surface area contributed by atoms with Gasteiger partial charge in [-0.3, -0.25) is 9.69 Å². The van der Waals surface area contributed by atoms with Gasteiger partial charge in [0, 0.05) is 37.4 Å². The summed E-state index contributed by atoms with van der Waals surface area (Å²) in [5.41, 5.74) is -3.23. The Morgan fingerprint density at radius 1 is 1.14 bits per heavy atom. The largest absolute Gasteiger partial charge is 0.417 e. The van der Waals surface area contributed by atoms with Crippen LogP contribution in [-0.2, 0) is 11.0 Å². The topological polar surface area (TPSA) is 103 Å². The molecule has 3 aliphatic rings. The van der Waals surface area contributed by atoms with Gasteiger partial charge in [0.2, 0.25) is 0 Å². The van der Waals surface area contributed by atoms with Gasteiger partial charge in [-0.2, -0.15) is 23.7 Å². The zero-order valence-electron chi connectivity index (χ0n) is 18.6. The Hall–Kier alpha value is -3.67. The quantitative estimate of drug-likeness (QED) is 0.628. The summed E-state index contributed by atoms with van der Waals surface area (Å²) in [6.45, 7) is 2.11. The zero-order valence-corrected chi connectivity index (χ0v) is 18.6. The maximum Gasteiger partial charge on any atom is 0.417 e. The average molecular weight is 487 g/mol. The molecule has 0 spiro atoms. The molecule has 35 heavy (non-hydrogen) atoms. The van der Waals surface area contributed by atoms with Gasteiger partial charge >= 0.3 is 6.18 Å². The van der Waals surface area contributed by atoms with E-state index in [9.17, 15) is 27.5 Å². The van der Waals surface area contributed by atoms with Gasteiger partial charge in [-0.25, -0.2) is 4.39 Å². The van der Waals surface area contributed by atoms with Crippen LogP contribution < -0.4 is 10.2 Å². The summed E-state index contributed by atoms with van der Waals surface area (Å²) in [6.07, 6.45) is -3.96. The van der Waals surface area contributed by atoms with Gasteiger partial charge in [0.25, 0.3) is 5.91 Å². The van der Waals surface area contributed by atoms with Crippen LogP contribution in [0.2, 0.25) is 0 Å². The van der Waals surface area contributed by atoms with E-state index >= 15 is 0 Å². The third-order valence-corrected chi connectivity index (χ3v) is 6.35. The smallest absolute Gasteiger partial charge is 0.379 e. The zero-order chi connectivity index (χ0) is 25.5. The molecule has 3 saturated heterocycles. The predicted molar refractivity (Wildman–Crippen MR) is 118 cm³/mol. The third kappa shape index (κ3) is 4.78. The molecule has 11 heteroatoms. The van der Waals surface area contributed by atoms with E-state index in [0.717, 1.165) is 12.5 Å². The van der Waals surface area contributed by atoms with Crippen LogP contribution in [-0.4, -0.2) is 53.2 Å². The van der Waals surface area contributed by atoms with Gasteiger partial charge in [0.15, 0.2) is 5.60 Å². The number of piperidine rings is 1. The van der Waals surface area contributed by atoms with Crippen molar-refractivity contribution in [1.29, 1.82) is 10.5 Å². The number of rotatable bonds is 5. The van der Waals surface area contributed by atoms with E-state index in [1.807, 2.05) is 15.9 Å². The summed E-state index contributed by atoms with van der Waals surface area (Å²) in [5.74, 6) is -1.37. The highest BCUT2D eigenvalue weighted by Gasteiger charge is 2.47. The van der Waals surface area contributed by atoms with Crippen LogP contribution in [0.3, 0.4) is 0 Å². The molecule has 3 unspecified atom stereocenters. The van der Waals surface area contributed by atoms with Gasteiger partial charge in [-0.1, -0.05) is 0 Å². The average Bonchev–Trinajstić information content (AvgIpc) is 2.79. The van der Waals surface area contributed by atoms with Crippen molar-refractivity contribution < 1.29 is 27.5 Å². The minimum atomic E-state index is -4.77. The van der Waals surface area contributed by atoms with Crippen molar-refractivity contribution in [3.8, 4) is 12.1 Å². The number of aliphatic hydroxyl groups is 1. The lowest BCUT2D eigenvalue weighted by atomic mass is 9.85. The second-order valence-electron chi connectivity index (χ2n) is 9.02. The molecule has 3 atom stereocenters. The van der Waals surface area contributed by atoms with Crippen molar-refractivity contribution in [3.63, 3.8) is 0 Å². The van der Waals surface area contributed by atoms with E-state index in [1.165, 1.54) is 25.1 Å². The lowest BCUT2D eigenvalue weighted by Gasteiger charge is -2.58. The Bertz CT molecular complexity index is 1240. The normalized spacial score (nSPS) is 21.3. The van der Waals surface area contributed by atoms with Gasteiger partial charge < -0.3 is 15.3 Å². The van der Waals surface area contributed by atoms with Crippen molar-refractivity contribution in [2.75, 3.05) is 29.9 Å². The van der Waals surface area contributed by atoms with Gasteiger partial charge in [0.05, 0.1) is 34.5 Å². The van der Waals surface area contributed by atoms with Crippen molar-refractivity contribution >= 4 is 17.3 Å². The molecule has 0 saturated carbocycles. The standard InChI is InChI=1S/C24H21F4N5O2/c1-23(35,22(34)31-16-4-3-15(10-30)19(7-16)24(26,27)28)13-32-11-17-8-18(12-32)33(17)21-5-2-14(9-29)6-20(21)25/h2-7,17-18,35H,8,11-13H2,1H3,(H,31,34). The lowest BCUT2D eigenvalue weighted by molar-refractivity contribution is -0.138.